The fourth-order valence-electron chi connectivity index (χ4n) is 0.940. The monoisotopic (exact) mass is 419 g/mol. The molecule has 0 rings (SSSR count). The molecule has 8 N–H and O–H groups in total. The molecule has 0 aromatic heterocycles. The summed E-state index contributed by atoms with van der Waals surface area (Å²) < 4.78 is 0. The minimum absolute atomic E-state index is 0.0357. The fourth-order valence-corrected chi connectivity index (χ4v) is 1.52. The Morgan fingerprint density at radius 2 is 1.48 bits per heavy atom. The zero-order chi connectivity index (χ0) is 18.6. The average Bonchev–Trinajstić information content (AvgIpc) is 2.49. The third-order valence-electron chi connectivity index (χ3n) is 2.33. The summed E-state index contributed by atoms with van der Waals surface area (Å²) >= 11 is 5.88. The Labute approximate surface area is 146 Å². The molecule has 0 radical (unpaired) electrons. The Morgan fingerprint density at radius 3 is 1.74 bits per heavy atom. The van der Waals surface area contributed by atoms with Gasteiger partial charge in [0.15, 0.2) is 0 Å². The van der Waals surface area contributed by atoms with Crippen molar-refractivity contribution < 1.29 is 34.5 Å². The number of nitrogens with one attached hydrogen (secondary N) is 1. The number of carbonyl (C=O) groups is 4. The molecule has 12 heteroatoms. The number of hydrogen-bond acceptors (Lipinski definition) is 7. The molecule has 0 saturated heterocycles. The summed E-state index contributed by atoms with van der Waals surface area (Å²) in [6, 6.07) is -2.90. The molecule has 0 bridgehead atoms. The van der Waals surface area contributed by atoms with Crippen LogP contribution in [0.2, 0.25) is 5.32 Å². The molecule has 3 atom stereocenters. The molecule has 1 amide bonds. The Balaban J connectivity index is 0. The summed E-state index contributed by atoms with van der Waals surface area (Å²) in [6.07, 6.45) is -0.175. The molecule has 0 aliphatic carbocycles. The molecule has 0 spiro atoms. The molecule has 10 nitrogen and oxygen atoms in total. The van der Waals surface area contributed by atoms with Gasteiger partial charge < -0.3 is 21.3 Å². The Morgan fingerprint density at radius 1 is 1.00 bits per heavy atom. The van der Waals surface area contributed by atoms with Gasteiger partial charge in [0.2, 0.25) is 5.91 Å². The second-order valence-corrected chi connectivity index (χ2v) is 5.38. The second-order valence-electron chi connectivity index (χ2n) is 4.25. The van der Waals surface area contributed by atoms with Crippen LogP contribution in [0.5, 0.6) is 0 Å². The molecule has 0 aliphatic heterocycles. The SMILES string of the molecule is NC(CCC(=O)NC(CS)C(=O)O)C(=O)O.NC(C[SeH])C(=O)O. The first-order valence-electron chi connectivity index (χ1n) is 6.27. The van der Waals surface area contributed by atoms with Crippen molar-refractivity contribution in [3.63, 3.8) is 0 Å². The quantitative estimate of drug-likeness (QED) is 0.155. The zero-order valence-electron chi connectivity index (χ0n) is 12.1. The van der Waals surface area contributed by atoms with Crippen molar-refractivity contribution in [1.29, 1.82) is 0 Å². The molecule has 3 unspecified atom stereocenters. The minimum atomic E-state index is -1.20. The van der Waals surface area contributed by atoms with E-state index in [1.165, 1.54) is 0 Å². The molecule has 134 valence electrons. The van der Waals surface area contributed by atoms with E-state index in [2.05, 4.69) is 34.0 Å². The Hall–Kier alpha value is -1.33. The van der Waals surface area contributed by atoms with Crippen molar-refractivity contribution in [2.24, 2.45) is 11.5 Å². The van der Waals surface area contributed by atoms with Gasteiger partial charge in [0.1, 0.15) is 12.1 Å². The van der Waals surface area contributed by atoms with Crippen LogP contribution in [0, 0.1) is 0 Å². The third-order valence-corrected chi connectivity index (χ3v) is 3.52. The predicted octanol–water partition coefficient (Wildman–Crippen LogP) is -2.60. The van der Waals surface area contributed by atoms with Crippen molar-refractivity contribution in [3.8, 4) is 0 Å². The summed E-state index contributed by atoms with van der Waals surface area (Å²) in [5, 5.41) is 27.7. The van der Waals surface area contributed by atoms with Crippen LogP contribution in [0.3, 0.4) is 0 Å². The first-order chi connectivity index (χ1) is 10.6. The van der Waals surface area contributed by atoms with Crippen LogP contribution in [-0.4, -0.2) is 79.0 Å². The fraction of sp³-hybridized carbons (Fsp3) is 0.636. The number of carboxylic acid groups (broad SMARTS) is 3. The number of rotatable bonds is 9. The van der Waals surface area contributed by atoms with Gasteiger partial charge >= 0.3 is 60.9 Å². The standard InChI is InChI=1S/C8H14N2O5S.C3H7NO2Se/c9-4(7(12)13)1-2-6(11)10-5(3-16)8(14)15;4-2(1-7)3(5)6/h4-5,16H,1-3,9H2,(H,10,11)(H,12,13)(H,14,15);2,7H,1,4H2,(H,5,6). The van der Waals surface area contributed by atoms with Gasteiger partial charge in [0.25, 0.3) is 0 Å². The predicted molar refractivity (Wildman–Crippen MR) is 85.8 cm³/mol. The first kappa shape index (κ1) is 23.9. The Kier molecular flexibility index (Phi) is 13.7. The van der Waals surface area contributed by atoms with Crippen molar-refractivity contribution in [3.05, 3.63) is 0 Å². The van der Waals surface area contributed by atoms with Gasteiger partial charge in [-0.3, -0.25) is 9.59 Å². The maximum absolute atomic E-state index is 11.2. The third kappa shape index (κ3) is 12.9. The average molecular weight is 418 g/mol. The van der Waals surface area contributed by atoms with Gasteiger partial charge in [0, 0.05) is 12.2 Å². The van der Waals surface area contributed by atoms with E-state index >= 15 is 0 Å². The maximum atomic E-state index is 11.2. The van der Waals surface area contributed by atoms with E-state index in [1.54, 1.807) is 0 Å². The molecule has 23 heavy (non-hydrogen) atoms. The van der Waals surface area contributed by atoms with Gasteiger partial charge in [-0.1, -0.05) is 0 Å². The zero-order valence-corrected chi connectivity index (χ0v) is 14.9. The van der Waals surface area contributed by atoms with E-state index in [1.807, 2.05) is 0 Å². The number of hydrogen-bond donors (Lipinski definition) is 7. The number of aliphatic carboxylic acids is 3. The van der Waals surface area contributed by atoms with E-state index in [0.717, 1.165) is 0 Å². The number of nitrogens with two attached hydrogens (primary N) is 2. The molecule has 0 aliphatic rings. The van der Waals surface area contributed by atoms with E-state index in [4.69, 9.17) is 26.8 Å². The summed E-state index contributed by atoms with van der Waals surface area (Å²) in [5.74, 6) is -3.92. The van der Waals surface area contributed by atoms with Crippen LogP contribution in [0.25, 0.3) is 0 Å². The van der Waals surface area contributed by atoms with E-state index in [-0.39, 0.29) is 18.6 Å². The van der Waals surface area contributed by atoms with Crippen LogP contribution in [0.15, 0.2) is 0 Å². The van der Waals surface area contributed by atoms with Crippen molar-refractivity contribution in [1.82, 2.24) is 5.32 Å². The summed E-state index contributed by atoms with van der Waals surface area (Å²) in [6.45, 7) is 0. The number of carbonyl (C=O) groups excluding carboxylic acids is 1. The number of amides is 1. The van der Waals surface area contributed by atoms with Gasteiger partial charge in [0.05, 0.1) is 0 Å². The van der Waals surface area contributed by atoms with Crippen LogP contribution in [0.1, 0.15) is 12.8 Å². The number of thiol groups is 1. The molecular weight excluding hydrogens is 397 g/mol. The molecule has 0 aromatic carbocycles. The van der Waals surface area contributed by atoms with Gasteiger partial charge in [-0.05, 0) is 6.42 Å². The van der Waals surface area contributed by atoms with Crippen molar-refractivity contribution in [2.75, 3.05) is 5.75 Å². The van der Waals surface area contributed by atoms with Gasteiger partial charge in [-0.2, -0.15) is 12.6 Å². The van der Waals surface area contributed by atoms with Crippen LogP contribution >= 0.6 is 12.6 Å². The van der Waals surface area contributed by atoms with Crippen molar-refractivity contribution in [2.45, 2.75) is 36.3 Å². The van der Waals surface area contributed by atoms with Gasteiger partial charge in [-0.15, -0.1) is 0 Å². The van der Waals surface area contributed by atoms with E-state index < -0.39 is 41.9 Å². The second kappa shape index (κ2) is 13.1. The molecule has 0 fully saturated rings. The van der Waals surface area contributed by atoms with E-state index in [9.17, 15) is 19.2 Å². The molecule has 0 heterocycles. The topological polar surface area (TPSA) is 193 Å². The summed E-state index contributed by atoms with van der Waals surface area (Å²) in [4.78, 5) is 41.8. The molecular formula is C11H21N3O7SSe. The normalized spacial score (nSPS) is 13.7. The first-order valence-corrected chi connectivity index (χ1v) is 8.23. The Bertz CT molecular complexity index is 424. The van der Waals surface area contributed by atoms with E-state index in [0.29, 0.717) is 5.32 Å². The van der Waals surface area contributed by atoms with Crippen LogP contribution < -0.4 is 16.8 Å². The van der Waals surface area contributed by atoms with Gasteiger partial charge in [-0.25, -0.2) is 4.79 Å². The number of carboxylic acids is 3. The van der Waals surface area contributed by atoms with Crippen molar-refractivity contribution >= 4 is 52.5 Å². The van der Waals surface area contributed by atoms with Crippen LogP contribution in [0.4, 0.5) is 0 Å². The summed E-state index contributed by atoms with van der Waals surface area (Å²) in [5.41, 5.74) is 10.2. The summed E-state index contributed by atoms with van der Waals surface area (Å²) in [7, 11) is 0. The molecule has 0 aromatic rings. The molecule has 0 saturated carbocycles. The van der Waals surface area contributed by atoms with Crippen LogP contribution in [-0.2, 0) is 19.2 Å².